The number of methoxy groups -OCH3 is 1. The van der Waals surface area contributed by atoms with Crippen LogP contribution in [0.25, 0.3) is 10.8 Å². The van der Waals surface area contributed by atoms with E-state index in [1.165, 1.54) is 0 Å². The molecule has 0 radical (unpaired) electrons. The van der Waals surface area contributed by atoms with Crippen LogP contribution in [-0.4, -0.2) is 19.1 Å². The predicted molar refractivity (Wildman–Crippen MR) is 111 cm³/mol. The second-order valence-corrected chi connectivity index (χ2v) is 7.04. The molecule has 0 bridgehead atoms. The van der Waals surface area contributed by atoms with Crippen molar-refractivity contribution in [2.24, 2.45) is 0 Å². The van der Waals surface area contributed by atoms with Crippen molar-refractivity contribution >= 4 is 28.1 Å². The minimum atomic E-state index is -0.0143. The predicted octanol–water partition coefficient (Wildman–Crippen LogP) is 4.46. The van der Waals surface area contributed by atoms with Gasteiger partial charge < -0.3 is 15.0 Å². The van der Waals surface area contributed by atoms with Gasteiger partial charge in [-0.1, -0.05) is 30.3 Å². The van der Waals surface area contributed by atoms with Crippen LogP contribution in [0.5, 0.6) is 5.75 Å². The second-order valence-electron chi connectivity index (χ2n) is 7.04. The highest BCUT2D eigenvalue weighted by atomic mass is 16.5. The molecule has 3 aromatic rings. The van der Waals surface area contributed by atoms with Gasteiger partial charge in [0.05, 0.1) is 36.7 Å². The van der Waals surface area contributed by atoms with E-state index in [2.05, 4.69) is 23.5 Å². The minimum Gasteiger partial charge on any atom is -0.496 e. The number of rotatable bonds is 3. The lowest BCUT2D eigenvalue weighted by molar-refractivity contribution is -0.118. The van der Waals surface area contributed by atoms with E-state index in [-0.39, 0.29) is 11.9 Å². The van der Waals surface area contributed by atoms with Crippen molar-refractivity contribution in [1.29, 1.82) is 5.26 Å². The van der Waals surface area contributed by atoms with Crippen LogP contribution in [0.3, 0.4) is 0 Å². The fourth-order valence-electron chi connectivity index (χ4n) is 3.78. The first-order valence-electron chi connectivity index (χ1n) is 9.26. The lowest BCUT2D eigenvalue weighted by Gasteiger charge is -2.24. The Kier molecular flexibility index (Phi) is 4.62. The molecule has 1 N–H and O–H groups in total. The highest BCUT2D eigenvalue weighted by molar-refractivity contribution is 6.00. The van der Waals surface area contributed by atoms with Crippen molar-refractivity contribution < 1.29 is 9.53 Å². The average Bonchev–Trinajstić information content (AvgIpc) is 2.82. The molecule has 0 saturated heterocycles. The van der Waals surface area contributed by atoms with Crippen LogP contribution in [0.1, 0.15) is 24.5 Å². The normalized spacial score (nSPS) is 16.1. The van der Waals surface area contributed by atoms with Crippen LogP contribution in [0.2, 0.25) is 0 Å². The summed E-state index contributed by atoms with van der Waals surface area (Å²) in [5.41, 5.74) is 3.12. The van der Waals surface area contributed by atoms with E-state index in [0.29, 0.717) is 18.5 Å². The lowest BCUT2D eigenvalue weighted by Crippen LogP contribution is -2.31. The number of hydrogen-bond acceptors (Lipinski definition) is 4. The van der Waals surface area contributed by atoms with Gasteiger partial charge >= 0.3 is 0 Å². The van der Waals surface area contributed by atoms with Crippen LogP contribution in [0, 0.1) is 11.3 Å². The van der Waals surface area contributed by atoms with Gasteiger partial charge in [-0.05, 0) is 42.0 Å². The van der Waals surface area contributed by atoms with Gasteiger partial charge in [-0.2, -0.15) is 5.26 Å². The zero-order valence-electron chi connectivity index (χ0n) is 15.9. The Morgan fingerprint density at radius 3 is 2.82 bits per heavy atom. The van der Waals surface area contributed by atoms with Crippen LogP contribution in [-0.2, 0) is 11.3 Å². The van der Waals surface area contributed by atoms with Crippen LogP contribution < -0.4 is 15.0 Å². The molecule has 0 spiro atoms. The molecule has 0 aromatic heterocycles. The number of nitriles is 1. The zero-order chi connectivity index (χ0) is 19.7. The van der Waals surface area contributed by atoms with E-state index < -0.39 is 0 Å². The molecule has 1 aliphatic heterocycles. The first-order valence-corrected chi connectivity index (χ1v) is 9.26. The van der Waals surface area contributed by atoms with Crippen LogP contribution in [0.4, 0.5) is 11.4 Å². The number of anilines is 2. The van der Waals surface area contributed by atoms with E-state index in [9.17, 15) is 10.1 Å². The SMILES string of the molecule is COc1ccc2ccccc2c1CN1C(=O)C[C@H](C)Nc2cc(C#N)ccc21. The van der Waals surface area contributed by atoms with Crippen LogP contribution in [0.15, 0.2) is 54.6 Å². The van der Waals surface area contributed by atoms with Gasteiger partial charge in [-0.25, -0.2) is 0 Å². The molecule has 1 atom stereocenters. The summed E-state index contributed by atoms with van der Waals surface area (Å²) >= 11 is 0. The number of carbonyl (C=O) groups excluding carboxylic acids is 1. The molecule has 1 heterocycles. The second kappa shape index (κ2) is 7.24. The fraction of sp³-hybridized carbons (Fsp3) is 0.217. The summed E-state index contributed by atoms with van der Waals surface area (Å²) in [6, 6.07) is 19.6. The molecule has 140 valence electrons. The molecule has 1 amide bonds. The van der Waals surface area contributed by atoms with Crippen molar-refractivity contribution in [3.63, 3.8) is 0 Å². The number of fused-ring (bicyclic) bond motifs is 2. The first kappa shape index (κ1) is 17.9. The quantitative estimate of drug-likeness (QED) is 0.738. The Balaban J connectivity index is 1.85. The van der Waals surface area contributed by atoms with Gasteiger partial charge in [0, 0.05) is 18.0 Å². The third-order valence-corrected chi connectivity index (χ3v) is 5.13. The van der Waals surface area contributed by atoms with Gasteiger partial charge in [0.15, 0.2) is 0 Å². The smallest absolute Gasteiger partial charge is 0.229 e. The number of nitrogens with one attached hydrogen (secondary N) is 1. The Labute approximate surface area is 164 Å². The van der Waals surface area contributed by atoms with Crippen molar-refractivity contribution in [2.75, 3.05) is 17.3 Å². The molecule has 0 unspecified atom stereocenters. The third-order valence-electron chi connectivity index (χ3n) is 5.13. The number of hydrogen-bond donors (Lipinski definition) is 1. The summed E-state index contributed by atoms with van der Waals surface area (Å²) in [6.07, 6.45) is 0.379. The summed E-state index contributed by atoms with van der Waals surface area (Å²) in [7, 11) is 1.65. The maximum absolute atomic E-state index is 13.1. The van der Waals surface area contributed by atoms with E-state index in [4.69, 9.17) is 4.74 Å². The number of amides is 1. The van der Waals surface area contributed by atoms with E-state index in [0.717, 1.165) is 33.5 Å². The molecule has 0 fully saturated rings. The first-order chi connectivity index (χ1) is 13.6. The Bertz CT molecular complexity index is 1100. The number of ether oxygens (including phenoxy) is 1. The maximum atomic E-state index is 13.1. The summed E-state index contributed by atoms with van der Waals surface area (Å²) in [5, 5.41) is 14.8. The van der Waals surface area contributed by atoms with Crippen molar-refractivity contribution in [1.82, 2.24) is 0 Å². The third kappa shape index (κ3) is 3.14. The molecule has 5 nitrogen and oxygen atoms in total. The summed E-state index contributed by atoms with van der Waals surface area (Å²) in [5.74, 6) is 0.797. The molecule has 0 saturated carbocycles. The fourth-order valence-corrected chi connectivity index (χ4v) is 3.78. The number of nitrogens with zero attached hydrogens (tertiary/aromatic N) is 2. The highest BCUT2D eigenvalue weighted by Gasteiger charge is 2.27. The monoisotopic (exact) mass is 371 g/mol. The Morgan fingerprint density at radius 1 is 1.21 bits per heavy atom. The van der Waals surface area contributed by atoms with E-state index in [1.54, 1.807) is 24.1 Å². The molecule has 1 aliphatic rings. The van der Waals surface area contributed by atoms with Gasteiger partial charge in [-0.3, -0.25) is 4.79 Å². The molecule has 5 heteroatoms. The summed E-state index contributed by atoms with van der Waals surface area (Å²) in [6.45, 7) is 2.37. The molecular weight excluding hydrogens is 350 g/mol. The minimum absolute atomic E-state index is 0.0143. The largest absolute Gasteiger partial charge is 0.496 e. The van der Waals surface area contributed by atoms with E-state index in [1.807, 2.05) is 37.3 Å². The van der Waals surface area contributed by atoms with Gasteiger partial charge in [-0.15, -0.1) is 0 Å². The maximum Gasteiger partial charge on any atom is 0.229 e. The van der Waals surface area contributed by atoms with Gasteiger partial charge in [0.2, 0.25) is 5.91 Å². The van der Waals surface area contributed by atoms with Crippen molar-refractivity contribution in [2.45, 2.75) is 25.9 Å². The van der Waals surface area contributed by atoms with Gasteiger partial charge in [0.25, 0.3) is 0 Å². The molecule has 4 rings (SSSR count). The molecule has 0 aliphatic carbocycles. The topological polar surface area (TPSA) is 65.4 Å². The number of benzene rings is 3. The molecule has 28 heavy (non-hydrogen) atoms. The molecule has 3 aromatic carbocycles. The molecular formula is C23H21N3O2. The van der Waals surface area contributed by atoms with Crippen molar-refractivity contribution in [3.8, 4) is 11.8 Å². The van der Waals surface area contributed by atoms with Crippen LogP contribution >= 0.6 is 0 Å². The van der Waals surface area contributed by atoms with E-state index >= 15 is 0 Å². The van der Waals surface area contributed by atoms with Gasteiger partial charge in [0.1, 0.15) is 5.75 Å². The standard InChI is InChI=1S/C23H21N3O2/c1-15-11-23(27)26(21-9-7-16(13-24)12-20(21)25-15)14-19-18-6-4-3-5-17(18)8-10-22(19)28-2/h3-10,12,15,25H,11,14H2,1-2H3/t15-/m0/s1. The Morgan fingerprint density at radius 2 is 2.04 bits per heavy atom. The number of carbonyl (C=O) groups is 1. The highest BCUT2D eigenvalue weighted by Crippen LogP contribution is 2.36. The zero-order valence-corrected chi connectivity index (χ0v) is 15.9. The Hall–Kier alpha value is -3.52. The average molecular weight is 371 g/mol. The summed E-state index contributed by atoms with van der Waals surface area (Å²) in [4.78, 5) is 14.9. The van der Waals surface area contributed by atoms with Crippen molar-refractivity contribution in [3.05, 3.63) is 65.7 Å². The summed E-state index contributed by atoms with van der Waals surface area (Å²) < 4.78 is 5.61. The lowest BCUT2D eigenvalue weighted by atomic mass is 10.0.